The van der Waals surface area contributed by atoms with E-state index in [0.29, 0.717) is 17.0 Å². The van der Waals surface area contributed by atoms with Gasteiger partial charge in [-0.3, -0.25) is 0 Å². The summed E-state index contributed by atoms with van der Waals surface area (Å²) in [6, 6.07) is 5.40. The molecule has 0 spiro atoms. The van der Waals surface area contributed by atoms with Gasteiger partial charge in [0.25, 0.3) is 0 Å². The third kappa shape index (κ3) is 3.46. The highest BCUT2D eigenvalue weighted by atomic mass is 35.5. The molecule has 0 saturated heterocycles. The van der Waals surface area contributed by atoms with Crippen LogP contribution in [0.25, 0.3) is 0 Å². The van der Waals surface area contributed by atoms with Crippen molar-refractivity contribution in [2.75, 3.05) is 6.54 Å². The van der Waals surface area contributed by atoms with E-state index in [4.69, 9.17) is 11.6 Å². The van der Waals surface area contributed by atoms with E-state index < -0.39 is 0 Å². The van der Waals surface area contributed by atoms with E-state index in [-0.39, 0.29) is 5.82 Å². The van der Waals surface area contributed by atoms with Gasteiger partial charge in [0.1, 0.15) is 5.82 Å². The second kappa shape index (κ2) is 6.53. The van der Waals surface area contributed by atoms with Crippen molar-refractivity contribution in [1.82, 2.24) is 5.32 Å². The maximum absolute atomic E-state index is 13.8. The monoisotopic (exact) mass is 269 g/mol. The van der Waals surface area contributed by atoms with E-state index in [9.17, 15) is 4.39 Å². The molecule has 1 aliphatic rings. The summed E-state index contributed by atoms with van der Waals surface area (Å²) in [5.41, 5.74) is 0.775. The predicted octanol–water partition coefficient (Wildman–Crippen LogP) is 4.19. The lowest BCUT2D eigenvalue weighted by Crippen LogP contribution is -2.37. The van der Waals surface area contributed by atoms with Crippen molar-refractivity contribution in [2.24, 2.45) is 5.92 Å². The Balaban J connectivity index is 2.07. The van der Waals surface area contributed by atoms with Crippen LogP contribution < -0.4 is 5.32 Å². The molecule has 0 bridgehead atoms. The summed E-state index contributed by atoms with van der Waals surface area (Å²) < 4.78 is 13.8. The predicted molar refractivity (Wildman–Crippen MR) is 74.5 cm³/mol. The first-order valence-corrected chi connectivity index (χ1v) is 7.25. The molecule has 1 saturated carbocycles. The molecule has 1 aliphatic carbocycles. The number of hydrogen-bond donors (Lipinski definition) is 1. The van der Waals surface area contributed by atoms with E-state index in [2.05, 4.69) is 12.2 Å². The number of hydrogen-bond acceptors (Lipinski definition) is 1. The minimum Gasteiger partial charge on any atom is -0.314 e. The van der Waals surface area contributed by atoms with Crippen LogP contribution in [-0.4, -0.2) is 12.6 Å². The standard InChI is InChI=1S/C15H21ClFN/c1-2-18-15(11-5-3-4-6-11)9-12-7-8-13(16)10-14(12)17/h7-8,10-11,15,18H,2-6,9H2,1H3. The van der Waals surface area contributed by atoms with Gasteiger partial charge >= 0.3 is 0 Å². The van der Waals surface area contributed by atoms with Gasteiger partial charge in [0, 0.05) is 11.1 Å². The average molecular weight is 270 g/mol. The first-order chi connectivity index (χ1) is 8.70. The minimum atomic E-state index is -0.177. The van der Waals surface area contributed by atoms with Crippen LogP contribution in [0.2, 0.25) is 5.02 Å². The Labute approximate surface area is 114 Å². The summed E-state index contributed by atoms with van der Waals surface area (Å²) in [5.74, 6) is 0.517. The maximum Gasteiger partial charge on any atom is 0.127 e. The molecule has 3 heteroatoms. The van der Waals surface area contributed by atoms with E-state index in [1.807, 2.05) is 6.07 Å². The third-order valence-electron chi connectivity index (χ3n) is 3.89. The largest absolute Gasteiger partial charge is 0.314 e. The Morgan fingerprint density at radius 1 is 1.39 bits per heavy atom. The average Bonchev–Trinajstić information content (AvgIpc) is 2.85. The van der Waals surface area contributed by atoms with Gasteiger partial charge in [-0.25, -0.2) is 4.39 Å². The Morgan fingerprint density at radius 3 is 2.72 bits per heavy atom. The molecule has 0 radical (unpaired) electrons. The summed E-state index contributed by atoms with van der Waals surface area (Å²) in [6.07, 6.45) is 5.94. The molecule has 2 rings (SSSR count). The Morgan fingerprint density at radius 2 is 2.11 bits per heavy atom. The molecule has 0 aromatic heterocycles. The summed E-state index contributed by atoms with van der Waals surface area (Å²) in [4.78, 5) is 0. The minimum absolute atomic E-state index is 0.177. The molecule has 100 valence electrons. The van der Waals surface area contributed by atoms with E-state index in [0.717, 1.165) is 18.5 Å². The number of likely N-dealkylation sites (N-methyl/N-ethyl adjacent to an activating group) is 1. The lowest BCUT2D eigenvalue weighted by molar-refractivity contribution is 0.359. The van der Waals surface area contributed by atoms with Gasteiger partial charge in [0.05, 0.1) is 0 Å². The Bertz CT molecular complexity index is 388. The molecule has 0 heterocycles. The zero-order chi connectivity index (χ0) is 13.0. The van der Waals surface area contributed by atoms with Crippen LogP contribution in [0.4, 0.5) is 4.39 Å². The van der Waals surface area contributed by atoms with Gasteiger partial charge < -0.3 is 5.32 Å². The second-order valence-corrected chi connectivity index (χ2v) is 5.58. The molecule has 1 unspecified atom stereocenters. The van der Waals surface area contributed by atoms with Crippen molar-refractivity contribution in [3.05, 3.63) is 34.6 Å². The molecular weight excluding hydrogens is 249 g/mol. The molecule has 18 heavy (non-hydrogen) atoms. The van der Waals surface area contributed by atoms with Crippen molar-refractivity contribution in [2.45, 2.75) is 45.1 Å². The summed E-state index contributed by atoms with van der Waals surface area (Å²) >= 11 is 5.79. The summed E-state index contributed by atoms with van der Waals surface area (Å²) in [6.45, 7) is 3.05. The number of benzene rings is 1. The number of nitrogens with one attached hydrogen (secondary N) is 1. The molecule has 1 N–H and O–H groups in total. The zero-order valence-corrected chi connectivity index (χ0v) is 11.6. The van der Waals surface area contributed by atoms with Crippen molar-refractivity contribution < 1.29 is 4.39 Å². The molecular formula is C15H21ClFN. The highest BCUT2D eigenvalue weighted by Gasteiger charge is 2.25. The Kier molecular flexibility index (Phi) is 5.02. The van der Waals surface area contributed by atoms with Crippen molar-refractivity contribution in [1.29, 1.82) is 0 Å². The fourth-order valence-electron chi connectivity index (χ4n) is 2.95. The van der Waals surface area contributed by atoms with Crippen molar-refractivity contribution in [3.63, 3.8) is 0 Å². The highest BCUT2D eigenvalue weighted by molar-refractivity contribution is 6.30. The second-order valence-electron chi connectivity index (χ2n) is 5.15. The normalized spacial score (nSPS) is 18.2. The van der Waals surface area contributed by atoms with Crippen molar-refractivity contribution >= 4 is 11.6 Å². The topological polar surface area (TPSA) is 12.0 Å². The van der Waals surface area contributed by atoms with Crippen LogP contribution in [0, 0.1) is 11.7 Å². The fourth-order valence-corrected chi connectivity index (χ4v) is 3.11. The van der Waals surface area contributed by atoms with E-state index in [1.54, 1.807) is 6.07 Å². The van der Waals surface area contributed by atoms with Crippen LogP contribution in [-0.2, 0) is 6.42 Å². The van der Waals surface area contributed by atoms with Crippen LogP contribution in [0.5, 0.6) is 0 Å². The molecule has 0 aliphatic heterocycles. The van der Waals surface area contributed by atoms with Crippen LogP contribution in [0.3, 0.4) is 0 Å². The smallest absolute Gasteiger partial charge is 0.127 e. The zero-order valence-electron chi connectivity index (χ0n) is 10.9. The highest BCUT2D eigenvalue weighted by Crippen LogP contribution is 2.30. The van der Waals surface area contributed by atoms with E-state index in [1.165, 1.54) is 31.7 Å². The fraction of sp³-hybridized carbons (Fsp3) is 0.600. The molecule has 1 nitrogen and oxygen atoms in total. The number of rotatable bonds is 5. The lowest BCUT2D eigenvalue weighted by atomic mass is 9.92. The molecule has 1 atom stereocenters. The van der Waals surface area contributed by atoms with Gasteiger partial charge in [-0.05, 0) is 49.4 Å². The molecule has 1 fully saturated rings. The van der Waals surface area contributed by atoms with Gasteiger partial charge in [-0.2, -0.15) is 0 Å². The van der Waals surface area contributed by atoms with Crippen LogP contribution >= 0.6 is 11.6 Å². The molecule has 0 amide bonds. The van der Waals surface area contributed by atoms with Gasteiger partial charge in [-0.15, -0.1) is 0 Å². The maximum atomic E-state index is 13.8. The van der Waals surface area contributed by atoms with Crippen molar-refractivity contribution in [3.8, 4) is 0 Å². The molecule has 1 aromatic carbocycles. The SMILES string of the molecule is CCNC(Cc1ccc(Cl)cc1F)C1CCCC1. The number of halogens is 2. The quantitative estimate of drug-likeness (QED) is 0.845. The van der Waals surface area contributed by atoms with Gasteiger partial charge in [0.15, 0.2) is 0 Å². The van der Waals surface area contributed by atoms with Crippen LogP contribution in [0.1, 0.15) is 38.2 Å². The first-order valence-electron chi connectivity index (χ1n) is 6.88. The van der Waals surface area contributed by atoms with Gasteiger partial charge in [0.2, 0.25) is 0 Å². The third-order valence-corrected chi connectivity index (χ3v) is 4.13. The summed E-state index contributed by atoms with van der Waals surface area (Å²) in [5, 5.41) is 3.98. The first kappa shape index (κ1) is 13.8. The van der Waals surface area contributed by atoms with Gasteiger partial charge in [-0.1, -0.05) is 37.4 Å². The molecule has 1 aromatic rings. The van der Waals surface area contributed by atoms with Crippen LogP contribution in [0.15, 0.2) is 18.2 Å². The summed E-state index contributed by atoms with van der Waals surface area (Å²) in [7, 11) is 0. The lowest BCUT2D eigenvalue weighted by Gasteiger charge is -2.24. The Hall–Kier alpha value is -0.600. The van der Waals surface area contributed by atoms with E-state index >= 15 is 0 Å².